The molecule has 6 heteroatoms. The molecule has 5 atom stereocenters. The molecule has 0 bridgehead atoms. The lowest BCUT2D eigenvalue weighted by Crippen LogP contribution is -2.23. The molecule has 1 aliphatic carbocycles. The monoisotopic (exact) mass is 432 g/mol. The summed E-state index contributed by atoms with van der Waals surface area (Å²) in [5, 5.41) is 41.4. The number of fused-ring (bicyclic) bond motifs is 1. The Morgan fingerprint density at radius 3 is 2.39 bits per heavy atom. The summed E-state index contributed by atoms with van der Waals surface area (Å²) in [6, 6.07) is 10.6. The molecule has 2 unspecified atom stereocenters. The highest BCUT2D eigenvalue weighted by molar-refractivity contribution is 5.83. The fourth-order valence-corrected chi connectivity index (χ4v) is 5.00. The van der Waals surface area contributed by atoms with Crippen molar-refractivity contribution in [2.45, 2.75) is 76.1 Å². The summed E-state index contributed by atoms with van der Waals surface area (Å²) in [5.41, 5.74) is 0.265. The molecule has 2 aromatic rings. The maximum Gasteiger partial charge on any atom is 0.303 e. The molecule has 1 aliphatic rings. The van der Waals surface area contributed by atoms with Crippen LogP contribution in [0, 0.1) is 17.7 Å². The zero-order chi connectivity index (χ0) is 22.4. The Balaban J connectivity index is 1.55. The molecule has 170 valence electrons. The van der Waals surface area contributed by atoms with Gasteiger partial charge in [-0.2, -0.15) is 0 Å². The van der Waals surface area contributed by atoms with E-state index in [0.29, 0.717) is 31.1 Å². The maximum atomic E-state index is 14.9. The van der Waals surface area contributed by atoms with Gasteiger partial charge >= 0.3 is 5.97 Å². The molecule has 1 saturated carbocycles. The van der Waals surface area contributed by atoms with E-state index in [9.17, 15) is 24.5 Å². The van der Waals surface area contributed by atoms with Crippen molar-refractivity contribution in [3.63, 3.8) is 0 Å². The van der Waals surface area contributed by atoms with Crippen LogP contribution in [0.4, 0.5) is 4.39 Å². The summed E-state index contributed by atoms with van der Waals surface area (Å²) in [7, 11) is 0. The van der Waals surface area contributed by atoms with E-state index >= 15 is 0 Å². The fourth-order valence-electron chi connectivity index (χ4n) is 5.00. The average Bonchev–Trinajstić information content (AvgIpc) is 3.01. The zero-order valence-corrected chi connectivity index (χ0v) is 17.8. The van der Waals surface area contributed by atoms with Crippen LogP contribution in [-0.2, 0) is 4.79 Å². The number of aliphatic hydroxyl groups is 3. The summed E-state index contributed by atoms with van der Waals surface area (Å²) in [4.78, 5) is 10.6. The molecule has 1 fully saturated rings. The number of carboxylic acid groups (broad SMARTS) is 1. The highest BCUT2D eigenvalue weighted by Crippen LogP contribution is 2.40. The number of rotatable bonds is 11. The smallest absolute Gasteiger partial charge is 0.303 e. The minimum atomic E-state index is -0.966. The molecular weight excluding hydrogens is 399 g/mol. The van der Waals surface area contributed by atoms with Crippen LogP contribution in [0.1, 0.15) is 69.5 Å². The van der Waals surface area contributed by atoms with Gasteiger partial charge in [0.1, 0.15) is 5.82 Å². The molecule has 0 heterocycles. The average molecular weight is 433 g/mol. The molecule has 3 rings (SSSR count). The summed E-state index contributed by atoms with van der Waals surface area (Å²) >= 11 is 0. The lowest BCUT2D eigenvalue weighted by atomic mass is 9.84. The van der Waals surface area contributed by atoms with Crippen molar-refractivity contribution in [2.24, 2.45) is 11.8 Å². The number of benzene rings is 2. The van der Waals surface area contributed by atoms with Crippen LogP contribution in [0.15, 0.2) is 36.4 Å². The second kappa shape index (κ2) is 11.0. The van der Waals surface area contributed by atoms with E-state index in [4.69, 9.17) is 5.11 Å². The van der Waals surface area contributed by atoms with Gasteiger partial charge in [-0.15, -0.1) is 0 Å². The molecule has 0 radical (unpaired) electrons. The van der Waals surface area contributed by atoms with Crippen LogP contribution in [0.25, 0.3) is 10.8 Å². The number of hydrogen-bond donors (Lipinski definition) is 4. The number of hydrogen-bond acceptors (Lipinski definition) is 4. The number of carboxylic acids is 1. The van der Waals surface area contributed by atoms with Crippen LogP contribution in [0.2, 0.25) is 0 Å². The van der Waals surface area contributed by atoms with E-state index in [1.807, 2.05) is 12.1 Å². The number of aliphatic carboxylic acids is 1. The lowest BCUT2D eigenvalue weighted by molar-refractivity contribution is -0.137. The van der Waals surface area contributed by atoms with Crippen molar-refractivity contribution in [1.29, 1.82) is 0 Å². The van der Waals surface area contributed by atoms with E-state index < -0.39 is 30.1 Å². The topological polar surface area (TPSA) is 98.0 Å². The van der Waals surface area contributed by atoms with Crippen molar-refractivity contribution in [3.8, 4) is 0 Å². The Morgan fingerprint density at radius 2 is 1.65 bits per heavy atom. The summed E-state index contributed by atoms with van der Waals surface area (Å²) in [5.74, 6) is -1.37. The largest absolute Gasteiger partial charge is 0.481 e. The van der Waals surface area contributed by atoms with Gasteiger partial charge < -0.3 is 20.4 Å². The fraction of sp³-hybridized carbons (Fsp3) is 0.560. The van der Waals surface area contributed by atoms with Crippen LogP contribution in [0.3, 0.4) is 0 Å². The molecule has 0 saturated heterocycles. The third-order valence-corrected chi connectivity index (χ3v) is 6.73. The standard InChI is InChI=1S/C25H33FO5/c26-25-17-8-6-5-7-16(17)11-12-20(25)21(27)14-13-19-18(22(28)15-23(19)29)9-3-1-2-4-10-24(30)31/h5-8,11-12,18-19,21-23,27-29H,1-4,9-10,13-15H2,(H,30,31)/t18?,19?,21-,22-,23+/m0/s1. The molecule has 0 spiro atoms. The number of aliphatic hydroxyl groups excluding tert-OH is 3. The van der Waals surface area contributed by atoms with Crippen molar-refractivity contribution >= 4 is 16.7 Å². The van der Waals surface area contributed by atoms with Crippen LogP contribution < -0.4 is 0 Å². The Hall–Kier alpha value is -2.02. The Labute approximate surface area is 182 Å². The quantitative estimate of drug-likeness (QED) is 0.390. The van der Waals surface area contributed by atoms with Crippen LogP contribution in [0.5, 0.6) is 0 Å². The number of halogens is 1. The molecule has 5 nitrogen and oxygen atoms in total. The van der Waals surface area contributed by atoms with Gasteiger partial charge in [-0.3, -0.25) is 4.79 Å². The first-order chi connectivity index (χ1) is 14.9. The molecule has 31 heavy (non-hydrogen) atoms. The van der Waals surface area contributed by atoms with Crippen molar-refractivity contribution in [3.05, 3.63) is 47.8 Å². The maximum absolute atomic E-state index is 14.9. The van der Waals surface area contributed by atoms with Gasteiger partial charge in [-0.05, 0) is 49.3 Å². The summed E-state index contributed by atoms with van der Waals surface area (Å²) in [6.45, 7) is 0. The third-order valence-electron chi connectivity index (χ3n) is 6.73. The SMILES string of the molecule is O=C(O)CCCCCCC1C(CC[C@H](O)c2ccc3ccccc3c2F)[C@H](O)C[C@@H]1O. The second-order valence-corrected chi connectivity index (χ2v) is 8.83. The first-order valence-corrected chi connectivity index (χ1v) is 11.3. The van der Waals surface area contributed by atoms with Crippen molar-refractivity contribution in [2.75, 3.05) is 0 Å². The Bertz CT molecular complexity index is 870. The predicted molar refractivity (Wildman–Crippen MR) is 117 cm³/mol. The first-order valence-electron chi connectivity index (χ1n) is 11.3. The van der Waals surface area contributed by atoms with E-state index in [-0.39, 0.29) is 23.8 Å². The van der Waals surface area contributed by atoms with Gasteiger partial charge in [0.25, 0.3) is 0 Å². The predicted octanol–water partition coefficient (Wildman–Crippen LogP) is 4.58. The minimum Gasteiger partial charge on any atom is -0.481 e. The lowest BCUT2D eigenvalue weighted by Gasteiger charge is -2.25. The summed E-state index contributed by atoms with van der Waals surface area (Å²) < 4.78 is 14.9. The zero-order valence-electron chi connectivity index (χ0n) is 17.8. The van der Waals surface area contributed by atoms with E-state index in [0.717, 1.165) is 31.1 Å². The molecule has 0 aliphatic heterocycles. The minimum absolute atomic E-state index is 0.0527. The number of carbonyl (C=O) groups is 1. The Kier molecular flexibility index (Phi) is 8.41. The highest BCUT2D eigenvalue weighted by Gasteiger charge is 2.41. The van der Waals surface area contributed by atoms with Gasteiger partial charge in [0.05, 0.1) is 18.3 Å². The van der Waals surface area contributed by atoms with Crippen LogP contribution in [-0.4, -0.2) is 38.6 Å². The van der Waals surface area contributed by atoms with E-state index in [2.05, 4.69) is 0 Å². The molecule has 4 N–H and O–H groups in total. The normalized spacial score (nSPS) is 24.5. The van der Waals surface area contributed by atoms with Crippen molar-refractivity contribution < 1.29 is 29.6 Å². The second-order valence-electron chi connectivity index (χ2n) is 8.83. The van der Waals surface area contributed by atoms with Gasteiger partial charge in [-0.25, -0.2) is 4.39 Å². The molecule has 0 aromatic heterocycles. The van der Waals surface area contributed by atoms with Gasteiger partial charge in [0.2, 0.25) is 0 Å². The van der Waals surface area contributed by atoms with Gasteiger partial charge in [0.15, 0.2) is 0 Å². The van der Waals surface area contributed by atoms with E-state index in [1.54, 1.807) is 24.3 Å². The highest BCUT2D eigenvalue weighted by atomic mass is 19.1. The number of unbranched alkanes of at least 4 members (excludes halogenated alkanes) is 3. The molecule has 2 aromatic carbocycles. The van der Waals surface area contributed by atoms with Crippen molar-refractivity contribution in [1.82, 2.24) is 0 Å². The van der Waals surface area contributed by atoms with Crippen LogP contribution >= 0.6 is 0 Å². The van der Waals surface area contributed by atoms with Gasteiger partial charge in [-0.1, -0.05) is 55.7 Å². The van der Waals surface area contributed by atoms with Gasteiger partial charge in [0, 0.05) is 17.4 Å². The third kappa shape index (κ3) is 6.03. The molecular formula is C25H33FO5. The first kappa shape index (κ1) is 23.6. The van der Waals surface area contributed by atoms with E-state index in [1.165, 1.54) is 0 Å². The Morgan fingerprint density at radius 1 is 0.968 bits per heavy atom. The summed E-state index contributed by atoms with van der Waals surface area (Å²) in [6.07, 6.45) is 3.17. The molecule has 0 amide bonds.